The van der Waals surface area contributed by atoms with Crippen molar-refractivity contribution in [3.63, 3.8) is 0 Å². The van der Waals surface area contributed by atoms with E-state index in [-0.39, 0.29) is 30.7 Å². The number of aryl methyl sites for hydroxylation is 1. The molecule has 3 N–H and O–H groups in total. The van der Waals surface area contributed by atoms with Gasteiger partial charge in [-0.25, -0.2) is 9.37 Å². The van der Waals surface area contributed by atoms with E-state index in [1.165, 1.54) is 6.20 Å². The molecule has 14 heteroatoms. The lowest BCUT2D eigenvalue weighted by molar-refractivity contribution is -0.134. The van der Waals surface area contributed by atoms with Crippen molar-refractivity contribution in [2.75, 3.05) is 40.6 Å². The molecule has 2 fully saturated rings. The molecule has 0 spiro atoms. The predicted molar refractivity (Wildman–Crippen MR) is 169 cm³/mol. The highest BCUT2D eigenvalue weighted by atomic mass is 35.5. The van der Waals surface area contributed by atoms with Crippen LogP contribution in [0.5, 0.6) is 0 Å². The van der Waals surface area contributed by atoms with E-state index in [9.17, 15) is 14.4 Å². The largest absolute Gasteiger partial charge is 0.379 e. The number of nitrogens with zero attached hydrogens (tertiary/aromatic N) is 6. The van der Waals surface area contributed by atoms with E-state index in [4.69, 9.17) is 11.6 Å². The Bertz CT molecular complexity index is 1860. The lowest BCUT2D eigenvalue weighted by Gasteiger charge is -2.35. The number of piperidine rings is 2. The summed E-state index contributed by atoms with van der Waals surface area (Å²) in [6.45, 7) is 0.625. The van der Waals surface area contributed by atoms with Crippen molar-refractivity contribution in [1.29, 1.82) is 0 Å². The molecule has 2 saturated heterocycles. The minimum absolute atomic E-state index is 0.0413. The number of hydrogen-bond donors (Lipinski definition) is 3. The number of carbonyl (C=O) groups is 3. The number of anilines is 5. The first-order chi connectivity index (χ1) is 21.6. The fourth-order valence-corrected chi connectivity index (χ4v) is 6.47. The van der Waals surface area contributed by atoms with Gasteiger partial charge in [0, 0.05) is 49.5 Å². The third kappa shape index (κ3) is 5.41. The van der Waals surface area contributed by atoms with Gasteiger partial charge < -0.3 is 20.4 Å². The van der Waals surface area contributed by atoms with Crippen LogP contribution in [0.25, 0.3) is 10.9 Å². The summed E-state index contributed by atoms with van der Waals surface area (Å²) >= 11 is 6.41. The summed E-state index contributed by atoms with van der Waals surface area (Å²) in [5.41, 5.74) is 4.73. The minimum atomic E-state index is -1.21. The molecule has 3 amide bonds. The van der Waals surface area contributed by atoms with Crippen LogP contribution in [0.3, 0.4) is 0 Å². The standard InChI is InChI=1S/C31H31ClFN9O3/c1-40-24-7-4-17(11-16(24)12-27(40)44)36-29-21(32)14-34-31(38-29)42-10-9-23(22(33)15-42)35-18-3-5-19-25(13-18)41(2)39-28(19)20-6-8-26(43)37-30(20)45/h3-5,7,11,13-14,20,22-23,35H,6,8-10,12,15H2,1-2H3,(H,34,36,38)(H,37,43,45)/t20?,22-,23-/m1/s1. The van der Waals surface area contributed by atoms with Crippen LogP contribution in [0, 0.1) is 0 Å². The Balaban J connectivity index is 1.02. The maximum atomic E-state index is 15.6. The van der Waals surface area contributed by atoms with Gasteiger partial charge in [-0.2, -0.15) is 10.1 Å². The van der Waals surface area contributed by atoms with Gasteiger partial charge in [-0.15, -0.1) is 0 Å². The van der Waals surface area contributed by atoms with E-state index in [1.54, 1.807) is 28.6 Å². The summed E-state index contributed by atoms with van der Waals surface area (Å²) in [7, 11) is 3.56. The molecule has 0 bridgehead atoms. The Morgan fingerprint density at radius 1 is 1.07 bits per heavy atom. The zero-order valence-electron chi connectivity index (χ0n) is 24.7. The Hall–Kier alpha value is -4.78. The van der Waals surface area contributed by atoms with Crippen molar-refractivity contribution in [3.05, 3.63) is 58.9 Å². The van der Waals surface area contributed by atoms with Crippen LogP contribution in [0.4, 0.5) is 33.2 Å². The Morgan fingerprint density at radius 3 is 2.69 bits per heavy atom. The van der Waals surface area contributed by atoms with Crippen LogP contribution < -0.4 is 25.8 Å². The number of alkyl halides is 1. The highest BCUT2D eigenvalue weighted by Gasteiger charge is 2.33. The van der Waals surface area contributed by atoms with E-state index in [0.29, 0.717) is 48.3 Å². The van der Waals surface area contributed by atoms with Crippen molar-refractivity contribution in [2.24, 2.45) is 7.05 Å². The molecular weight excluding hydrogens is 601 g/mol. The van der Waals surface area contributed by atoms with Crippen LogP contribution in [0.15, 0.2) is 42.6 Å². The Labute approximate surface area is 262 Å². The van der Waals surface area contributed by atoms with Gasteiger partial charge in [0.1, 0.15) is 11.2 Å². The Morgan fingerprint density at radius 2 is 1.89 bits per heavy atom. The fraction of sp³-hybridized carbons (Fsp3) is 0.355. The van der Waals surface area contributed by atoms with Crippen molar-refractivity contribution >= 4 is 69.1 Å². The molecule has 0 radical (unpaired) electrons. The first kappa shape index (κ1) is 29.0. The number of nitrogens with one attached hydrogen (secondary N) is 3. The normalized spacial score (nSPS) is 21.7. The number of aromatic nitrogens is 4. The van der Waals surface area contributed by atoms with E-state index in [2.05, 4.69) is 31.0 Å². The minimum Gasteiger partial charge on any atom is -0.379 e. The number of amides is 3. The first-order valence-corrected chi connectivity index (χ1v) is 15.2. The van der Waals surface area contributed by atoms with Gasteiger partial charge in [0.15, 0.2) is 5.82 Å². The van der Waals surface area contributed by atoms with Crippen molar-refractivity contribution in [3.8, 4) is 0 Å². The number of rotatable bonds is 6. The van der Waals surface area contributed by atoms with Gasteiger partial charge in [0.25, 0.3) is 0 Å². The van der Waals surface area contributed by atoms with Gasteiger partial charge in [0.2, 0.25) is 23.7 Å². The molecule has 5 heterocycles. The third-order valence-corrected chi connectivity index (χ3v) is 9.05. The number of benzene rings is 2. The molecule has 0 aliphatic carbocycles. The lowest BCUT2D eigenvalue weighted by Crippen LogP contribution is -2.48. The average molecular weight is 632 g/mol. The molecular formula is C31H31ClFN9O3. The lowest BCUT2D eigenvalue weighted by atomic mass is 9.93. The number of carbonyl (C=O) groups excluding carboxylic acids is 3. The van der Waals surface area contributed by atoms with Gasteiger partial charge in [0.05, 0.1) is 42.3 Å². The van der Waals surface area contributed by atoms with Crippen molar-refractivity contribution in [1.82, 2.24) is 25.1 Å². The van der Waals surface area contributed by atoms with Crippen LogP contribution in [0.1, 0.15) is 36.4 Å². The van der Waals surface area contributed by atoms with Crippen LogP contribution in [0.2, 0.25) is 5.02 Å². The molecule has 4 aromatic rings. The maximum absolute atomic E-state index is 15.6. The van der Waals surface area contributed by atoms with Crippen LogP contribution in [-0.2, 0) is 27.9 Å². The summed E-state index contributed by atoms with van der Waals surface area (Å²) < 4.78 is 17.3. The number of fused-ring (bicyclic) bond motifs is 2. The molecule has 12 nitrogen and oxygen atoms in total. The number of halogens is 2. The molecule has 0 saturated carbocycles. The second kappa shape index (κ2) is 11.3. The summed E-state index contributed by atoms with van der Waals surface area (Å²) in [6, 6.07) is 10.9. The van der Waals surface area contributed by atoms with E-state index >= 15 is 4.39 Å². The van der Waals surface area contributed by atoms with Crippen molar-refractivity contribution < 1.29 is 18.8 Å². The maximum Gasteiger partial charge on any atom is 0.235 e. The molecule has 3 aliphatic rings. The van der Waals surface area contributed by atoms with Crippen LogP contribution >= 0.6 is 11.6 Å². The van der Waals surface area contributed by atoms with E-state index in [1.807, 2.05) is 36.4 Å². The van der Waals surface area contributed by atoms with Crippen LogP contribution in [-0.4, -0.2) is 69.8 Å². The molecule has 3 atom stereocenters. The van der Waals surface area contributed by atoms with Crippen molar-refractivity contribution in [2.45, 2.75) is 43.8 Å². The molecule has 1 unspecified atom stereocenters. The molecule has 3 aliphatic heterocycles. The second-order valence-electron chi connectivity index (χ2n) is 11.7. The zero-order chi connectivity index (χ0) is 31.4. The fourth-order valence-electron chi connectivity index (χ4n) is 6.33. The predicted octanol–water partition coefficient (Wildman–Crippen LogP) is 3.83. The second-order valence-corrected chi connectivity index (χ2v) is 12.1. The summed E-state index contributed by atoms with van der Waals surface area (Å²) in [5.74, 6) is -0.275. The molecule has 2 aromatic heterocycles. The average Bonchev–Trinajstić information content (AvgIpc) is 3.49. The van der Waals surface area contributed by atoms with E-state index in [0.717, 1.165) is 33.5 Å². The molecule has 45 heavy (non-hydrogen) atoms. The van der Waals surface area contributed by atoms with Gasteiger partial charge in [-0.3, -0.25) is 24.4 Å². The third-order valence-electron chi connectivity index (χ3n) is 8.78. The summed E-state index contributed by atoms with van der Waals surface area (Å²) in [6.07, 6.45) is 1.83. The summed E-state index contributed by atoms with van der Waals surface area (Å²) in [4.78, 5) is 48.5. The Kier molecular flexibility index (Phi) is 7.27. The van der Waals surface area contributed by atoms with Gasteiger partial charge in [-0.05, 0) is 54.8 Å². The van der Waals surface area contributed by atoms with E-state index < -0.39 is 18.1 Å². The quantitative estimate of drug-likeness (QED) is 0.271. The number of likely N-dealkylation sites (N-methyl/N-ethyl adjacent to an activating group) is 1. The highest BCUT2D eigenvalue weighted by molar-refractivity contribution is 6.32. The topological polar surface area (TPSA) is 137 Å². The number of hydrogen-bond acceptors (Lipinski definition) is 9. The first-order valence-electron chi connectivity index (χ1n) is 14.8. The highest BCUT2D eigenvalue weighted by Crippen LogP contribution is 2.34. The van der Waals surface area contributed by atoms with Gasteiger partial charge >= 0.3 is 0 Å². The SMILES string of the molecule is CN1C(=O)Cc2cc(Nc3nc(N4CC[C@@H](Nc5ccc6c(C7CCC(=O)NC7=O)nn(C)c6c5)[C@H](F)C4)ncc3Cl)ccc21. The molecule has 2 aromatic carbocycles. The molecule has 7 rings (SSSR count). The molecule has 232 valence electrons. The smallest absolute Gasteiger partial charge is 0.235 e. The monoisotopic (exact) mass is 631 g/mol. The summed E-state index contributed by atoms with van der Waals surface area (Å²) in [5, 5.41) is 14.7. The number of imide groups is 1. The zero-order valence-corrected chi connectivity index (χ0v) is 25.4. The van der Waals surface area contributed by atoms with Gasteiger partial charge in [-0.1, -0.05) is 11.6 Å².